The molecule has 9 heteroatoms. The molecule has 0 bridgehead atoms. The van der Waals surface area contributed by atoms with Gasteiger partial charge in [0, 0.05) is 10.4 Å². The van der Waals surface area contributed by atoms with E-state index in [0.717, 1.165) is 36.1 Å². The second-order valence-electron chi connectivity index (χ2n) is 8.81. The molecule has 0 saturated carbocycles. The largest absolute Gasteiger partial charge is 0.462 e. The van der Waals surface area contributed by atoms with Gasteiger partial charge in [0.15, 0.2) is 6.61 Å². The van der Waals surface area contributed by atoms with Gasteiger partial charge in [0.1, 0.15) is 11.0 Å². The van der Waals surface area contributed by atoms with Crippen LogP contribution >= 0.6 is 11.3 Å². The van der Waals surface area contributed by atoms with Crippen molar-refractivity contribution in [2.75, 3.05) is 18.5 Å². The molecule has 1 unspecified atom stereocenters. The Bertz CT molecular complexity index is 1060. The fourth-order valence-electron chi connectivity index (χ4n) is 3.99. The Hall–Kier alpha value is -3.20. The van der Waals surface area contributed by atoms with Gasteiger partial charge in [-0.3, -0.25) is 9.59 Å². The van der Waals surface area contributed by atoms with Crippen LogP contribution < -0.4 is 10.6 Å². The van der Waals surface area contributed by atoms with Crippen LogP contribution in [0.5, 0.6) is 0 Å². The van der Waals surface area contributed by atoms with Crippen molar-refractivity contribution >= 4 is 40.1 Å². The molecular formula is C26H32N2O6S. The molecule has 1 heterocycles. The predicted octanol–water partition coefficient (Wildman–Crippen LogP) is 4.13. The molecule has 1 atom stereocenters. The van der Waals surface area contributed by atoms with Crippen molar-refractivity contribution in [1.29, 1.82) is 0 Å². The number of hydrogen-bond acceptors (Lipinski definition) is 7. The summed E-state index contributed by atoms with van der Waals surface area (Å²) in [5.74, 6) is -1.97. The Morgan fingerprint density at radius 2 is 1.74 bits per heavy atom. The smallest absolute Gasteiger partial charge is 0.341 e. The minimum Gasteiger partial charge on any atom is -0.462 e. The van der Waals surface area contributed by atoms with E-state index in [0.29, 0.717) is 22.5 Å². The molecule has 0 radical (unpaired) electrons. The molecule has 0 aliphatic heterocycles. The first kappa shape index (κ1) is 26.4. The summed E-state index contributed by atoms with van der Waals surface area (Å²) >= 11 is 1.37. The molecule has 2 aromatic rings. The van der Waals surface area contributed by atoms with E-state index in [-0.39, 0.29) is 18.4 Å². The van der Waals surface area contributed by atoms with Gasteiger partial charge in [-0.1, -0.05) is 32.0 Å². The van der Waals surface area contributed by atoms with Crippen LogP contribution in [0.1, 0.15) is 71.2 Å². The fraction of sp³-hybridized carbons (Fsp3) is 0.462. The lowest BCUT2D eigenvalue weighted by Crippen LogP contribution is -2.43. The van der Waals surface area contributed by atoms with Gasteiger partial charge in [-0.2, -0.15) is 0 Å². The minimum atomic E-state index is -0.889. The number of amides is 2. The third kappa shape index (κ3) is 7.14. The summed E-state index contributed by atoms with van der Waals surface area (Å²) in [5.41, 5.74) is 1.77. The van der Waals surface area contributed by atoms with Crippen LogP contribution in [0.4, 0.5) is 5.00 Å². The van der Waals surface area contributed by atoms with Crippen molar-refractivity contribution in [3.8, 4) is 0 Å². The highest BCUT2D eigenvalue weighted by atomic mass is 32.1. The van der Waals surface area contributed by atoms with Crippen LogP contribution in [-0.2, 0) is 31.9 Å². The molecule has 0 spiro atoms. The quantitative estimate of drug-likeness (QED) is 0.475. The SMILES string of the molecule is CCOC(=O)c1c(NC(=O)COC(=O)C(CC(C)C)NC(=O)c2ccccc2)sc2c1CCCC2. The fourth-order valence-corrected chi connectivity index (χ4v) is 5.28. The molecular weight excluding hydrogens is 468 g/mol. The number of anilines is 1. The minimum absolute atomic E-state index is 0.113. The average Bonchev–Trinajstić information content (AvgIpc) is 3.20. The Morgan fingerprint density at radius 3 is 2.43 bits per heavy atom. The Balaban J connectivity index is 1.64. The van der Waals surface area contributed by atoms with Crippen LogP contribution in [0.25, 0.3) is 0 Å². The number of rotatable bonds is 10. The molecule has 1 aromatic heterocycles. The number of thiophene rings is 1. The standard InChI is InChI=1S/C26H32N2O6S/c1-4-33-26(32)22-18-12-8-9-13-20(18)35-24(22)28-21(29)15-34-25(31)19(14-16(2)3)27-23(30)17-10-6-5-7-11-17/h5-7,10-11,16,19H,4,8-9,12-15H2,1-3H3,(H,27,30)(H,28,29). The van der Waals surface area contributed by atoms with Crippen molar-refractivity contribution in [2.24, 2.45) is 5.92 Å². The molecule has 1 aromatic carbocycles. The van der Waals surface area contributed by atoms with Crippen LogP contribution in [0, 0.1) is 5.92 Å². The highest BCUT2D eigenvalue weighted by molar-refractivity contribution is 7.17. The van der Waals surface area contributed by atoms with E-state index >= 15 is 0 Å². The Morgan fingerprint density at radius 1 is 1.03 bits per heavy atom. The van der Waals surface area contributed by atoms with Crippen LogP contribution in [0.3, 0.4) is 0 Å². The number of carbonyl (C=O) groups excluding carboxylic acids is 4. The lowest BCUT2D eigenvalue weighted by atomic mass is 9.95. The molecule has 1 aliphatic carbocycles. The molecule has 0 fully saturated rings. The third-order valence-corrected chi connectivity index (χ3v) is 6.79. The molecule has 0 saturated heterocycles. The maximum absolute atomic E-state index is 12.7. The maximum Gasteiger partial charge on any atom is 0.341 e. The predicted molar refractivity (Wildman–Crippen MR) is 134 cm³/mol. The van der Waals surface area contributed by atoms with Gasteiger partial charge in [0.2, 0.25) is 0 Å². The first-order valence-corrected chi connectivity index (χ1v) is 12.8. The molecule has 35 heavy (non-hydrogen) atoms. The number of hydrogen-bond donors (Lipinski definition) is 2. The van der Waals surface area contributed by atoms with E-state index in [2.05, 4.69) is 10.6 Å². The van der Waals surface area contributed by atoms with Crippen molar-refractivity contribution in [3.63, 3.8) is 0 Å². The van der Waals surface area contributed by atoms with E-state index in [9.17, 15) is 19.2 Å². The summed E-state index contributed by atoms with van der Waals surface area (Å²) in [7, 11) is 0. The summed E-state index contributed by atoms with van der Waals surface area (Å²) in [4.78, 5) is 51.5. The van der Waals surface area contributed by atoms with Gasteiger partial charge in [0.25, 0.3) is 11.8 Å². The second kappa shape index (κ2) is 12.5. The van der Waals surface area contributed by atoms with E-state index in [1.165, 1.54) is 11.3 Å². The second-order valence-corrected chi connectivity index (χ2v) is 9.92. The van der Waals surface area contributed by atoms with Crippen LogP contribution in [0.15, 0.2) is 30.3 Å². The van der Waals surface area contributed by atoms with Gasteiger partial charge in [-0.15, -0.1) is 11.3 Å². The number of esters is 2. The van der Waals surface area contributed by atoms with Gasteiger partial charge >= 0.3 is 11.9 Å². The van der Waals surface area contributed by atoms with E-state index in [1.807, 2.05) is 13.8 Å². The number of nitrogens with one attached hydrogen (secondary N) is 2. The number of ether oxygens (including phenoxy) is 2. The monoisotopic (exact) mass is 500 g/mol. The lowest BCUT2D eigenvalue weighted by Gasteiger charge is -2.19. The summed E-state index contributed by atoms with van der Waals surface area (Å²) < 4.78 is 10.5. The molecule has 3 rings (SSSR count). The molecule has 8 nitrogen and oxygen atoms in total. The number of benzene rings is 1. The number of aryl methyl sites for hydroxylation is 1. The van der Waals surface area contributed by atoms with Crippen molar-refractivity contribution in [2.45, 2.75) is 58.9 Å². The van der Waals surface area contributed by atoms with E-state index in [4.69, 9.17) is 9.47 Å². The average molecular weight is 501 g/mol. The van der Waals surface area contributed by atoms with Crippen LogP contribution in [0.2, 0.25) is 0 Å². The van der Waals surface area contributed by atoms with Gasteiger partial charge in [-0.05, 0) is 62.6 Å². The summed E-state index contributed by atoms with van der Waals surface area (Å²) in [6, 6.07) is 7.70. The zero-order chi connectivity index (χ0) is 25.4. The summed E-state index contributed by atoms with van der Waals surface area (Å²) in [6.07, 6.45) is 4.00. The first-order chi connectivity index (χ1) is 16.8. The normalized spacial score (nSPS) is 13.5. The first-order valence-electron chi connectivity index (χ1n) is 11.9. The Kier molecular flexibility index (Phi) is 9.42. The third-order valence-electron chi connectivity index (χ3n) is 5.58. The topological polar surface area (TPSA) is 111 Å². The van der Waals surface area contributed by atoms with E-state index < -0.39 is 30.5 Å². The number of fused-ring (bicyclic) bond motifs is 1. The van der Waals surface area contributed by atoms with E-state index in [1.54, 1.807) is 37.3 Å². The van der Waals surface area contributed by atoms with Crippen molar-refractivity contribution in [1.82, 2.24) is 5.32 Å². The highest BCUT2D eigenvalue weighted by Crippen LogP contribution is 2.38. The van der Waals surface area contributed by atoms with Gasteiger partial charge < -0.3 is 20.1 Å². The molecule has 188 valence electrons. The highest BCUT2D eigenvalue weighted by Gasteiger charge is 2.28. The zero-order valence-electron chi connectivity index (χ0n) is 20.3. The van der Waals surface area contributed by atoms with Gasteiger partial charge in [0.05, 0.1) is 12.2 Å². The molecule has 2 amide bonds. The molecule has 1 aliphatic rings. The zero-order valence-corrected chi connectivity index (χ0v) is 21.2. The van der Waals surface area contributed by atoms with Gasteiger partial charge in [-0.25, -0.2) is 9.59 Å². The maximum atomic E-state index is 12.7. The summed E-state index contributed by atoms with van der Waals surface area (Å²) in [6.45, 7) is 5.30. The van der Waals surface area contributed by atoms with Crippen LogP contribution in [-0.4, -0.2) is 43.0 Å². The number of carbonyl (C=O) groups is 4. The molecule has 2 N–H and O–H groups in total. The lowest BCUT2D eigenvalue weighted by molar-refractivity contribution is -0.149. The van der Waals surface area contributed by atoms with Crippen molar-refractivity contribution < 1.29 is 28.7 Å². The summed E-state index contributed by atoms with van der Waals surface area (Å²) in [5, 5.41) is 5.85. The Labute approximate surface area is 209 Å². The van der Waals surface area contributed by atoms with Crippen molar-refractivity contribution in [3.05, 3.63) is 51.9 Å².